The first-order valence-electron chi connectivity index (χ1n) is 6.17. The number of hydrogen-bond donors (Lipinski definition) is 2. The maximum absolute atomic E-state index is 11.0. The van der Waals surface area contributed by atoms with Gasteiger partial charge in [-0.1, -0.05) is 13.3 Å². The molecule has 2 aromatic rings. The van der Waals surface area contributed by atoms with Crippen LogP contribution in [0.25, 0.3) is 11.5 Å². The number of carbonyl (C=O) groups is 1. The van der Waals surface area contributed by atoms with Crippen molar-refractivity contribution < 1.29 is 9.90 Å². The van der Waals surface area contributed by atoms with Crippen molar-refractivity contribution in [3.8, 4) is 11.5 Å². The first kappa shape index (κ1) is 13.8. The predicted molar refractivity (Wildman–Crippen MR) is 67.9 cm³/mol. The van der Waals surface area contributed by atoms with E-state index < -0.39 is 5.97 Å². The molecule has 9 heteroatoms. The van der Waals surface area contributed by atoms with Gasteiger partial charge in [-0.25, -0.2) is 9.78 Å². The van der Waals surface area contributed by atoms with Crippen molar-refractivity contribution in [2.45, 2.75) is 32.2 Å². The second-order valence-electron chi connectivity index (χ2n) is 4.29. The molecule has 0 saturated heterocycles. The summed E-state index contributed by atoms with van der Waals surface area (Å²) in [6, 6.07) is 2.45. The summed E-state index contributed by atoms with van der Waals surface area (Å²) < 4.78 is 1.44. The molecule has 1 unspecified atom stereocenters. The second-order valence-corrected chi connectivity index (χ2v) is 4.29. The highest BCUT2D eigenvalue weighted by Gasteiger charge is 2.21. The second kappa shape index (κ2) is 6.04. The van der Waals surface area contributed by atoms with Crippen LogP contribution in [0, 0.1) is 0 Å². The molecule has 0 saturated carbocycles. The van der Waals surface area contributed by atoms with Crippen LogP contribution in [0.4, 0.5) is 0 Å². The third-order valence-corrected chi connectivity index (χ3v) is 2.78. The molecule has 0 bridgehead atoms. The van der Waals surface area contributed by atoms with Crippen molar-refractivity contribution in [3.63, 3.8) is 0 Å². The molecule has 0 aliphatic heterocycles. The van der Waals surface area contributed by atoms with Gasteiger partial charge in [0.15, 0.2) is 0 Å². The predicted octanol–water partition coefficient (Wildman–Crippen LogP) is 0.239. The van der Waals surface area contributed by atoms with E-state index in [0.29, 0.717) is 17.9 Å². The van der Waals surface area contributed by atoms with E-state index in [9.17, 15) is 9.59 Å². The molecule has 2 heterocycles. The summed E-state index contributed by atoms with van der Waals surface area (Å²) >= 11 is 0. The largest absolute Gasteiger partial charge is 0.481 e. The zero-order chi connectivity index (χ0) is 14.5. The average molecular weight is 278 g/mol. The summed E-state index contributed by atoms with van der Waals surface area (Å²) in [5.41, 5.74) is 0.0597. The minimum atomic E-state index is -0.917. The molecule has 0 aliphatic rings. The zero-order valence-corrected chi connectivity index (χ0v) is 10.9. The number of tetrazole rings is 1. The SMILES string of the molecule is CCCC(CC(=O)O)n1nnnc1-c1ccc(=O)[nH]n1. The molecule has 0 aliphatic carbocycles. The molecule has 0 spiro atoms. The van der Waals surface area contributed by atoms with Crippen LogP contribution in [0.1, 0.15) is 32.2 Å². The molecule has 106 valence electrons. The van der Waals surface area contributed by atoms with Gasteiger partial charge < -0.3 is 5.11 Å². The Bertz CT molecular complexity index is 629. The zero-order valence-electron chi connectivity index (χ0n) is 10.9. The van der Waals surface area contributed by atoms with Crippen LogP contribution in [0.15, 0.2) is 16.9 Å². The number of nitrogens with one attached hydrogen (secondary N) is 1. The number of carboxylic acids is 1. The first-order valence-corrected chi connectivity index (χ1v) is 6.17. The Morgan fingerprint density at radius 2 is 2.30 bits per heavy atom. The van der Waals surface area contributed by atoms with E-state index in [1.54, 1.807) is 0 Å². The molecule has 0 radical (unpaired) electrons. The number of aromatic amines is 1. The molecule has 2 aromatic heterocycles. The van der Waals surface area contributed by atoms with E-state index in [0.717, 1.165) is 6.42 Å². The van der Waals surface area contributed by atoms with Crippen molar-refractivity contribution in [1.29, 1.82) is 0 Å². The Balaban J connectivity index is 2.37. The molecule has 1 atom stereocenters. The number of hydrogen-bond acceptors (Lipinski definition) is 6. The minimum absolute atomic E-state index is 0.0742. The molecule has 2 rings (SSSR count). The van der Waals surface area contributed by atoms with Crippen LogP contribution in [0.5, 0.6) is 0 Å². The van der Waals surface area contributed by atoms with Crippen LogP contribution in [-0.2, 0) is 4.79 Å². The fraction of sp³-hybridized carbons (Fsp3) is 0.455. The Morgan fingerprint density at radius 1 is 1.50 bits per heavy atom. The smallest absolute Gasteiger partial charge is 0.305 e. The topological polar surface area (TPSA) is 127 Å². The van der Waals surface area contributed by atoms with Gasteiger partial charge >= 0.3 is 5.97 Å². The quantitative estimate of drug-likeness (QED) is 0.774. The minimum Gasteiger partial charge on any atom is -0.481 e. The van der Waals surface area contributed by atoms with Crippen molar-refractivity contribution >= 4 is 5.97 Å². The van der Waals surface area contributed by atoms with Crippen molar-refractivity contribution in [2.75, 3.05) is 0 Å². The maximum Gasteiger partial charge on any atom is 0.305 e. The fourth-order valence-corrected chi connectivity index (χ4v) is 1.92. The van der Waals surface area contributed by atoms with Gasteiger partial charge in [-0.3, -0.25) is 9.59 Å². The summed E-state index contributed by atoms with van der Waals surface area (Å²) in [6.07, 6.45) is 1.36. The van der Waals surface area contributed by atoms with Crippen molar-refractivity contribution in [3.05, 3.63) is 22.5 Å². The fourth-order valence-electron chi connectivity index (χ4n) is 1.92. The third kappa shape index (κ3) is 3.05. The molecular weight excluding hydrogens is 264 g/mol. The Morgan fingerprint density at radius 3 is 2.90 bits per heavy atom. The molecule has 0 aromatic carbocycles. The highest BCUT2D eigenvalue weighted by Crippen LogP contribution is 2.22. The van der Waals surface area contributed by atoms with E-state index in [-0.39, 0.29) is 18.0 Å². The van der Waals surface area contributed by atoms with E-state index in [1.807, 2.05) is 6.92 Å². The summed E-state index contributed by atoms with van der Waals surface area (Å²) in [4.78, 5) is 21.9. The van der Waals surface area contributed by atoms with Gasteiger partial charge in [-0.2, -0.15) is 5.10 Å². The van der Waals surface area contributed by atoms with Crippen LogP contribution in [0.2, 0.25) is 0 Å². The molecule has 0 fully saturated rings. The van der Waals surface area contributed by atoms with Gasteiger partial charge in [0.05, 0.1) is 12.5 Å². The highest BCUT2D eigenvalue weighted by molar-refractivity contribution is 5.67. The summed E-state index contributed by atoms with van der Waals surface area (Å²) in [7, 11) is 0. The van der Waals surface area contributed by atoms with Gasteiger partial charge in [0.2, 0.25) is 5.82 Å². The average Bonchev–Trinajstić information content (AvgIpc) is 2.88. The van der Waals surface area contributed by atoms with Gasteiger partial charge in [0, 0.05) is 6.07 Å². The normalized spacial score (nSPS) is 12.2. The number of rotatable bonds is 6. The monoisotopic (exact) mass is 278 g/mol. The highest BCUT2D eigenvalue weighted by atomic mass is 16.4. The van der Waals surface area contributed by atoms with Gasteiger partial charge in [-0.15, -0.1) is 5.10 Å². The van der Waals surface area contributed by atoms with Crippen LogP contribution in [0.3, 0.4) is 0 Å². The van der Waals surface area contributed by atoms with Gasteiger partial charge in [0.1, 0.15) is 5.69 Å². The van der Waals surface area contributed by atoms with E-state index >= 15 is 0 Å². The number of aliphatic carboxylic acids is 1. The number of nitrogens with zero attached hydrogens (tertiary/aromatic N) is 5. The Hall–Kier alpha value is -2.58. The van der Waals surface area contributed by atoms with Crippen LogP contribution < -0.4 is 5.56 Å². The summed E-state index contributed by atoms with van der Waals surface area (Å²) in [5.74, 6) is -0.583. The molecule has 2 N–H and O–H groups in total. The molecular formula is C11H14N6O3. The lowest BCUT2D eigenvalue weighted by molar-refractivity contribution is -0.138. The Kier molecular flexibility index (Phi) is 4.18. The maximum atomic E-state index is 11.0. The van der Waals surface area contributed by atoms with Gasteiger partial charge in [0.25, 0.3) is 5.56 Å². The summed E-state index contributed by atoms with van der Waals surface area (Å²) in [6.45, 7) is 1.96. The third-order valence-electron chi connectivity index (χ3n) is 2.78. The van der Waals surface area contributed by atoms with Crippen molar-refractivity contribution in [1.82, 2.24) is 30.4 Å². The van der Waals surface area contributed by atoms with Crippen molar-refractivity contribution in [2.24, 2.45) is 0 Å². The first-order chi connectivity index (χ1) is 9.61. The number of aromatic nitrogens is 6. The number of carboxylic acid groups (broad SMARTS) is 1. The Labute approximate surface area is 113 Å². The lowest BCUT2D eigenvalue weighted by atomic mass is 10.1. The van der Waals surface area contributed by atoms with E-state index in [1.165, 1.54) is 16.8 Å². The standard InChI is InChI=1S/C11H14N6O3/c1-2-3-7(6-10(19)20)17-11(14-15-16-17)8-4-5-9(18)13-12-8/h4-5,7H,2-3,6H2,1H3,(H,13,18)(H,19,20). The molecule has 0 amide bonds. The summed E-state index contributed by atoms with van der Waals surface area (Å²) in [5, 5.41) is 26.4. The van der Waals surface area contributed by atoms with E-state index in [2.05, 4.69) is 25.7 Å². The van der Waals surface area contributed by atoms with Gasteiger partial charge in [-0.05, 0) is 22.9 Å². The van der Waals surface area contributed by atoms with E-state index in [4.69, 9.17) is 5.11 Å². The molecule has 9 nitrogen and oxygen atoms in total. The lowest BCUT2D eigenvalue weighted by Crippen LogP contribution is -2.17. The number of H-pyrrole nitrogens is 1. The van der Waals surface area contributed by atoms with Crippen LogP contribution in [-0.4, -0.2) is 41.5 Å². The molecule has 20 heavy (non-hydrogen) atoms. The lowest BCUT2D eigenvalue weighted by Gasteiger charge is -2.15. The van der Waals surface area contributed by atoms with Crippen LogP contribution >= 0.6 is 0 Å².